The molecule has 0 bridgehead atoms. The first kappa shape index (κ1) is 9.71. The van der Waals surface area contributed by atoms with Crippen LogP contribution in [0.2, 0.25) is 0 Å². The summed E-state index contributed by atoms with van der Waals surface area (Å²) >= 11 is 0. The molecule has 1 aromatic rings. The summed E-state index contributed by atoms with van der Waals surface area (Å²) in [6.45, 7) is 1.87. The van der Waals surface area contributed by atoms with Crippen molar-refractivity contribution in [1.29, 1.82) is 0 Å². The maximum Gasteiger partial charge on any atom is 0.230 e. The van der Waals surface area contributed by atoms with E-state index in [0.29, 0.717) is 0 Å². The van der Waals surface area contributed by atoms with Gasteiger partial charge >= 0.3 is 0 Å². The van der Waals surface area contributed by atoms with Crippen LogP contribution >= 0.6 is 0 Å². The number of carbonyl (C=O) groups is 1. The number of hydrogen-bond acceptors (Lipinski definition) is 2. The molecule has 3 heteroatoms. The highest BCUT2D eigenvalue weighted by molar-refractivity contribution is 5.82. The molecule has 13 heavy (non-hydrogen) atoms. The molecule has 0 aromatic carbocycles. The van der Waals surface area contributed by atoms with Crippen LogP contribution in [0.4, 0.5) is 0 Å². The molecule has 0 saturated heterocycles. The molecule has 1 aromatic heterocycles. The molecule has 0 radical (unpaired) electrons. The second kappa shape index (κ2) is 4.03. The summed E-state index contributed by atoms with van der Waals surface area (Å²) in [5.74, 6) is -0.0742. The van der Waals surface area contributed by atoms with Gasteiger partial charge in [-0.2, -0.15) is 0 Å². The Labute approximate surface area is 78.4 Å². The van der Waals surface area contributed by atoms with Crippen molar-refractivity contribution in [3.63, 3.8) is 0 Å². The Kier molecular flexibility index (Phi) is 3.01. The van der Waals surface area contributed by atoms with E-state index in [2.05, 4.69) is 4.98 Å². The average Bonchev–Trinajstić information content (AvgIpc) is 2.17. The summed E-state index contributed by atoms with van der Waals surface area (Å²) < 4.78 is 0. The number of pyridine rings is 1. The third-order valence-electron chi connectivity index (χ3n) is 1.94. The van der Waals surface area contributed by atoms with Crippen molar-refractivity contribution in [2.75, 3.05) is 14.1 Å². The fraction of sp³-hybridized carbons (Fsp3) is 0.400. The number of aromatic nitrogens is 1. The first-order valence-electron chi connectivity index (χ1n) is 4.25. The van der Waals surface area contributed by atoms with Crippen LogP contribution in [0.3, 0.4) is 0 Å². The molecular formula is C10H14N2O. The fourth-order valence-electron chi connectivity index (χ4n) is 1.15. The van der Waals surface area contributed by atoms with Crippen molar-refractivity contribution < 1.29 is 4.79 Å². The molecule has 0 N–H and O–H groups in total. The Morgan fingerprint density at radius 3 is 2.62 bits per heavy atom. The van der Waals surface area contributed by atoms with Crippen molar-refractivity contribution in [1.82, 2.24) is 9.88 Å². The van der Waals surface area contributed by atoms with Crippen LogP contribution in [0.15, 0.2) is 24.4 Å². The number of nitrogens with zero attached hydrogens (tertiary/aromatic N) is 2. The highest BCUT2D eigenvalue weighted by atomic mass is 16.2. The average molecular weight is 178 g/mol. The summed E-state index contributed by atoms with van der Waals surface area (Å²) in [5, 5.41) is 0. The van der Waals surface area contributed by atoms with Gasteiger partial charge < -0.3 is 4.90 Å². The Morgan fingerprint density at radius 1 is 1.46 bits per heavy atom. The molecule has 0 aliphatic heterocycles. The monoisotopic (exact) mass is 178 g/mol. The molecule has 1 heterocycles. The summed E-state index contributed by atoms with van der Waals surface area (Å²) in [4.78, 5) is 17.2. The molecule has 0 saturated carbocycles. The zero-order valence-electron chi connectivity index (χ0n) is 8.19. The maximum absolute atomic E-state index is 11.5. The lowest BCUT2D eigenvalue weighted by Gasteiger charge is -2.15. The molecule has 0 fully saturated rings. The largest absolute Gasteiger partial charge is 0.348 e. The van der Waals surface area contributed by atoms with Crippen molar-refractivity contribution >= 4 is 5.91 Å². The van der Waals surface area contributed by atoms with Crippen molar-refractivity contribution in [3.8, 4) is 0 Å². The predicted molar refractivity (Wildman–Crippen MR) is 51.3 cm³/mol. The minimum absolute atomic E-state index is 0.0821. The van der Waals surface area contributed by atoms with E-state index in [1.807, 2.05) is 25.1 Å². The summed E-state index contributed by atoms with van der Waals surface area (Å²) in [6, 6.07) is 5.60. The number of carbonyl (C=O) groups excluding carboxylic acids is 1. The van der Waals surface area contributed by atoms with E-state index in [9.17, 15) is 4.79 Å². The quantitative estimate of drug-likeness (QED) is 0.683. The van der Waals surface area contributed by atoms with Gasteiger partial charge in [-0.25, -0.2) is 0 Å². The molecule has 1 atom stereocenters. The van der Waals surface area contributed by atoms with Crippen LogP contribution in [-0.2, 0) is 4.79 Å². The van der Waals surface area contributed by atoms with Crippen LogP contribution in [0.1, 0.15) is 18.5 Å². The molecule has 0 aliphatic rings. The second-order valence-corrected chi connectivity index (χ2v) is 3.21. The Morgan fingerprint density at radius 2 is 2.15 bits per heavy atom. The van der Waals surface area contributed by atoms with Crippen LogP contribution in [-0.4, -0.2) is 29.9 Å². The highest BCUT2D eigenvalue weighted by Gasteiger charge is 2.17. The summed E-state index contributed by atoms with van der Waals surface area (Å²) in [6.07, 6.45) is 1.70. The number of rotatable bonds is 2. The SMILES string of the molecule is CC(C(=O)N(C)C)c1ccccn1. The number of amides is 1. The summed E-state index contributed by atoms with van der Waals surface area (Å²) in [5.41, 5.74) is 0.821. The maximum atomic E-state index is 11.5. The van der Waals surface area contributed by atoms with E-state index < -0.39 is 0 Å². The van der Waals surface area contributed by atoms with Gasteiger partial charge in [-0.05, 0) is 19.1 Å². The minimum Gasteiger partial charge on any atom is -0.348 e. The van der Waals surface area contributed by atoms with Crippen LogP contribution < -0.4 is 0 Å². The lowest BCUT2D eigenvalue weighted by Crippen LogP contribution is -2.27. The van der Waals surface area contributed by atoms with Gasteiger partial charge in [0.1, 0.15) is 0 Å². The molecule has 70 valence electrons. The lowest BCUT2D eigenvalue weighted by atomic mass is 10.1. The third kappa shape index (κ3) is 2.28. The molecule has 0 aliphatic carbocycles. The van der Waals surface area contributed by atoms with E-state index in [-0.39, 0.29) is 11.8 Å². The zero-order valence-corrected chi connectivity index (χ0v) is 8.19. The predicted octanol–water partition coefficient (Wildman–Crippen LogP) is 1.27. The topological polar surface area (TPSA) is 33.2 Å². The van der Waals surface area contributed by atoms with Gasteiger partial charge in [-0.15, -0.1) is 0 Å². The van der Waals surface area contributed by atoms with E-state index in [1.165, 1.54) is 0 Å². The second-order valence-electron chi connectivity index (χ2n) is 3.21. The van der Waals surface area contributed by atoms with Gasteiger partial charge in [-0.1, -0.05) is 6.07 Å². The van der Waals surface area contributed by atoms with E-state index in [0.717, 1.165) is 5.69 Å². The van der Waals surface area contributed by atoms with Crippen molar-refractivity contribution in [2.45, 2.75) is 12.8 Å². The Balaban J connectivity index is 2.80. The first-order valence-corrected chi connectivity index (χ1v) is 4.25. The zero-order chi connectivity index (χ0) is 9.84. The van der Waals surface area contributed by atoms with Crippen molar-refractivity contribution in [3.05, 3.63) is 30.1 Å². The van der Waals surface area contributed by atoms with E-state index in [4.69, 9.17) is 0 Å². The third-order valence-corrected chi connectivity index (χ3v) is 1.94. The molecule has 1 unspecified atom stereocenters. The van der Waals surface area contributed by atoms with Crippen molar-refractivity contribution in [2.24, 2.45) is 0 Å². The van der Waals surface area contributed by atoms with Crippen LogP contribution in [0.5, 0.6) is 0 Å². The van der Waals surface area contributed by atoms with E-state index in [1.54, 1.807) is 25.2 Å². The minimum atomic E-state index is -0.156. The Bertz CT molecular complexity index is 282. The van der Waals surface area contributed by atoms with Gasteiger partial charge in [0.25, 0.3) is 0 Å². The van der Waals surface area contributed by atoms with Gasteiger partial charge in [0, 0.05) is 20.3 Å². The molecular weight excluding hydrogens is 164 g/mol. The van der Waals surface area contributed by atoms with Crippen LogP contribution in [0, 0.1) is 0 Å². The van der Waals surface area contributed by atoms with Gasteiger partial charge in [-0.3, -0.25) is 9.78 Å². The standard InChI is InChI=1S/C10H14N2O/c1-8(10(13)12(2)3)9-6-4-5-7-11-9/h4-8H,1-3H3. The molecule has 3 nitrogen and oxygen atoms in total. The highest BCUT2D eigenvalue weighted by Crippen LogP contribution is 2.13. The molecule has 0 spiro atoms. The number of likely N-dealkylation sites (N-methyl/N-ethyl adjacent to an activating group) is 1. The summed E-state index contributed by atoms with van der Waals surface area (Å²) in [7, 11) is 3.50. The first-order chi connectivity index (χ1) is 6.13. The molecule has 1 rings (SSSR count). The normalized spacial score (nSPS) is 12.2. The van der Waals surface area contributed by atoms with Crippen LogP contribution in [0.25, 0.3) is 0 Å². The number of hydrogen-bond donors (Lipinski definition) is 0. The Hall–Kier alpha value is -1.38. The molecule has 1 amide bonds. The van der Waals surface area contributed by atoms with Gasteiger partial charge in [0.05, 0.1) is 11.6 Å². The van der Waals surface area contributed by atoms with E-state index >= 15 is 0 Å². The van der Waals surface area contributed by atoms with Gasteiger partial charge in [0.2, 0.25) is 5.91 Å². The smallest absolute Gasteiger partial charge is 0.230 e. The lowest BCUT2D eigenvalue weighted by molar-refractivity contribution is -0.129. The fourth-order valence-corrected chi connectivity index (χ4v) is 1.15. The van der Waals surface area contributed by atoms with Gasteiger partial charge in [0.15, 0.2) is 0 Å².